The topological polar surface area (TPSA) is 61.2 Å². The monoisotopic (exact) mass is 306 g/mol. The molecule has 0 spiro atoms. The predicted octanol–water partition coefficient (Wildman–Crippen LogP) is 2.19. The zero-order valence-corrected chi connectivity index (χ0v) is 12.6. The Kier molecular flexibility index (Phi) is 4.86. The molecule has 0 saturated carbocycles. The van der Waals surface area contributed by atoms with Crippen molar-refractivity contribution >= 4 is 19.7 Å². The molecule has 1 saturated heterocycles. The first-order chi connectivity index (χ1) is 9.00. The van der Waals surface area contributed by atoms with Gasteiger partial charge in [0.2, 0.25) is 0 Å². The van der Waals surface area contributed by atoms with Crippen molar-refractivity contribution < 1.29 is 13.2 Å². The van der Waals surface area contributed by atoms with E-state index in [9.17, 15) is 8.42 Å². The molecule has 108 valence electrons. The molecule has 1 fully saturated rings. The van der Waals surface area contributed by atoms with Gasteiger partial charge >= 0.3 is 0 Å². The smallest absolute Gasteiger partial charge is 0.280 e. The second-order valence-corrected chi connectivity index (χ2v) is 7.40. The lowest BCUT2D eigenvalue weighted by Crippen LogP contribution is -2.21. The van der Waals surface area contributed by atoms with Crippen LogP contribution in [0.5, 0.6) is 0 Å². The highest BCUT2D eigenvalue weighted by Gasteiger charge is 2.20. The maximum Gasteiger partial charge on any atom is 0.280 e. The minimum atomic E-state index is -3.75. The Labute approximate surface area is 118 Å². The van der Waals surface area contributed by atoms with Crippen molar-refractivity contribution in [1.82, 2.24) is 9.55 Å². The number of hydrogen-bond acceptors (Lipinski definition) is 4. The molecule has 2 rings (SSSR count). The Balaban J connectivity index is 2.19. The molecular weight excluding hydrogens is 288 g/mol. The molecule has 0 aliphatic carbocycles. The molecule has 0 atom stereocenters. The van der Waals surface area contributed by atoms with Crippen LogP contribution in [0, 0.1) is 5.92 Å². The van der Waals surface area contributed by atoms with E-state index in [1.807, 2.05) is 11.5 Å². The molecule has 0 aromatic carbocycles. The molecule has 1 aliphatic rings. The van der Waals surface area contributed by atoms with E-state index in [4.69, 9.17) is 15.4 Å². The van der Waals surface area contributed by atoms with E-state index in [-0.39, 0.29) is 5.03 Å². The highest BCUT2D eigenvalue weighted by atomic mass is 35.7. The van der Waals surface area contributed by atoms with Crippen molar-refractivity contribution in [3.8, 4) is 0 Å². The van der Waals surface area contributed by atoms with E-state index in [0.717, 1.165) is 51.3 Å². The largest absolute Gasteiger partial charge is 0.381 e. The van der Waals surface area contributed by atoms with Crippen LogP contribution >= 0.6 is 10.7 Å². The predicted molar refractivity (Wildman–Crippen MR) is 72.8 cm³/mol. The van der Waals surface area contributed by atoms with Crippen molar-refractivity contribution in [2.75, 3.05) is 13.2 Å². The number of imidazole rings is 1. The number of aromatic nitrogens is 2. The number of aryl methyl sites for hydroxylation is 1. The van der Waals surface area contributed by atoms with Crippen LogP contribution < -0.4 is 0 Å². The third kappa shape index (κ3) is 3.94. The van der Waals surface area contributed by atoms with Crippen molar-refractivity contribution in [2.24, 2.45) is 5.92 Å². The molecule has 19 heavy (non-hydrogen) atoms. The van der Waals surface area contributed by atoms with Crippen molar-refractivity contribution in [3.05, 3.63) is 12.0 Å². The van der Waals surface area contributed by atoms with Gasteiger partial charge in [0.05, 0.1) is 0 Å². The molecule has 0 unspecified atom stereocenters. The third-order valence-corrected chi connectivity index (χ3v) is 4.53. The summed E-state index contributed by atoms with van der Waals surface area (Å²) in [6.45, 7) is 4.40. The summed E-state index contributed by atoms with van der Waals surface area (Å²) in [5, 5.41) is -0.0373. The Morgan fingerprint density at radius 1 is 1.47 bits per heavy atom. The number of ether oxygens (including phenoxy) is 1. The fourth-order valence-electron chi connectivity index (χ4n) is 2.33. The maximum absolute atomic E-state index is 11.4. The van der Waals surface area contributed by atoms with Crippen LogP contribution in [0.25, 0.3) is 0 Å². The Morgan fingerprint density at radius 2 is 2.16 bits per heavy atom. The number of hydrogen-bond donors (Lipinski definition) is 0. The van der Waals surface area contributed by atoms with Crippen molar-refractivity contribution in [3.63, 3.8) is 0 Å². The molecule has 1 aromatic heterocycles. The first-order valence-electron chi connectivity index (χ1n) is 6.59. The number of rotatable bonds is 5. The van der Waals surface area contributed by atoms with E-state index in [1.54, 1.807) is 6.20 Å². The second kappa shape index (κ2) is 6.24. The van der Waals surface area contributed by atoms with Gasteiger partial charge in [-0.2, -0.15) is 0 Å². The minimum absolute atomic E-state index is 0.0373. The highest BCUT2D eigenvalue weighted by molar-refractivity contribution is 8.13. The lowest BCUT2D eigenvalue weighted by Gasteiger charge is -2.23. The van der Waals surface area contributed by atoms with Gasteiger partial charge in [-0.25, -0.2) is 13.4 Å². The van der Waals surface area contributed by atoms with Crippen LogP contribution in [-0.2, 0) is 26.8 Å². The van der Waals surface area contributed by atoms with Gasteiger partial charge in [0.1, 0.15) is 5.82 Å². The number of halogens is 1. The summed E-state index contributed by atoms with van der Waals surface area (Å²) in [7, 11) is 1.62. The van der Waals surface area contributed by atoms with Gasteiger partial charge in [-0.1, -0.05) is 6.92 Å². The fraction of sp³-hybridized carbons (Fsp3) is 0.750. The SMILES string of the molecule is CCCc1nc(S(=O)(=O)Cl)cn1CC1CCOCC1. The molecule has 1 aliphatic heterocycles. The Hall–Kier alpha value is -0.590. The van der Waals surface area contributed by atoms with Crippen LogP contribution in [0.3, 0.4) is 0 Å². The van der Waals surface area contributed by atoms with Gasteiger partial charge in [-0.15, -0.1) is 0 Å². The van der Waals surface area contributed by atoms with Crippen LogP contribution in [-0.4, -0.2) is 31.2 Å². The van der Waals surface area contributed by atoms with Crippen LogP contribution in [0.1, 0.15) is 32.0 Å². The summed E-state index contributed by atoms with van der Waals surface area (Å²) in [6.07, 6.45) is 5.25. The van der Waals surface area contributed by atoms with E-state index in [1.165, 1.54) is 0 Å². The summed E-state index contributed by atoms with van der Waals surface area (Å²) in [5.74, 6) is 1.32. The number of nitrogens with zero attached hydrogens (tertiary/aromatic N) is 2. The first kappa shape index (κ1) is 14.8. The van der Waals surface area contributed by atoms with Gasteiger partial charge in [-0.3, -0.25) is 0 Å². The van der Waals surface area contributed by atoms with Gasteiger partial charge < -0.3 is 9.30 Å². The summed E-state index contributed by atoms with van der Waals surface area (Å²) in [5.41, 5.74) is 0. The molecule has 2 heterocycles. The van der Waals surface area contributed by atoms with Crippen LogP contribution in [0.4, 0.5) is 0 Å². The zero-order chi connectivity index (χ0) is 13.9. The van der Waals surface area contributed by atoms with Gasteiger partial charge in [-0.05, 0) is 25.2 Å². The van der Waals surface area contributed by atoms with E-state index >= 15 is 0 Å². The molecular formula is C12H19ClN2O3S. The molecule has 0 N–H and O–H groups in total. The van der Waals surface area contributed by atoms with Gasteiger partial charge in [0, 0.05) is 43.1 Å². The lowest BCUT2D eigenvalue weighted by molar-refractivity contribution is 0.0610. The minimum Gasteiger partial charge on any atom is -0.381 e. The van der Waals surface area contributed by atoms with Gasteiger partial charge in [0.15, 0.2) is 5.03 Å². The molecule has 0 amide bonds. The van der Waals surface area contributed by atoms with E-state index < -0.39 is 9.05 Å². The lowest BCUT2D eigenvalue weighted by atomic mass is 10.0. The zero-order valence-electron chi connectivity index (χ0n) is 11.0. The Bertz CT molecular complexity index is 521. The first-order valence-corrected chi connectivity index (χ1v) is 8.90. The molecule has 1 aromatic rings. The standard InChI is InChI=1S/C12H19ClN2O3S/c1-2-3-11-14-12(19(13,16)17)9-15(11)8-10-4-6-18-7-5-10/h9-10H,2-8H2,1H3. The summed E-state index contributed by atoms with van der Waals surface area (Å²) in [4.78, 5) is 4.15. The maximum atomic E-state index is 11.4. The fourth-order valence-corrected chi connectivity index (χ4v) is 3.02. The summed E-state index contributed by atoms with van der Waals surface area (Å²) >= 11 is 0. The Morgan fingerprint density at radius 3 is 2.74 bits per heavy atom. The normalized spacial score (nSPS) is 17.8. The molecule has 5 nitrogen and oxygen atoms in total. The third-order valence-electron chi connectivity index (χ3n) is 3.36. The van der Waals surface area contributed by atoms with Crippen LogP contribution in [0.2, 0.25) is 0 Å². The van der Waals surface area contributed by atoms with E-state index in [0.29, 0.717) is 5.92 Å². The molecule has 7 heteroatoms. The second-order valence-electron chi connectivity index (χ2n) is 4.89. The average molecular weight is 307 g/mol. The van der Waals surface area contributed by atoms with Crippen molar-refractivity contribution in [2.45, 2.75) is 44.2 Å². The van der Waals surface area contributed by atoms with Gasteiger partial charge in [0.25, 0.3) is 9.05 Å². The summed E-state index contributed by atoms with van der Waals surface area (Å²) < 4.78 is 30.0. The van der Waals surface area contributed by atoms with Crippen LogP contribution in [0.15, 0.2) is 11.2 Å². The molecule has 0 radical (unpaired) electrons. The van der Waals surface area contributed by atoms with Crippen molar-refractivity contribution in [1.29, 1.82) is 0 Å². The molecule has 0 bridgehead atoms. The average Bonchev–Trinajstić information content (AvgIpc) is 2.74. The quantitative estimate of drug-likeness (QED) is 0.782. The summed E-state index contributed by atoms with van der Waals surface area (Å²) in [6, 6.07) is 0. The highest BCUT2D eigenvalue weighted by Crippen LogP contribution is 2.21. The van der Waals surface area contributed by atoms with E-state index in [2.05, 4.69) is 4.98 Å².